The van der Waals surface area contributed by atoms with Gasteiger partial charge in [0, 0.05) is 23.7 Å². The summed E-state index contributed by atoms with van der Waals surface area (Å²) >= 11 is 0. The molecule has 1 aromatic carbocycles. The zero-order valence-corrected chi connectivity index (χ0v) is 10.6. The van der Waals surface area contributed by atoms with Crippen molar-refractivity contribution in [2.45, 2.75) is 26.2 Å². The number of nitrogens with zero attached hydrogens (tertiary/aromatic N) is 2. The summed E-state index contributed by atoms with van der Waals surface area (Å²) in [7, 11) is 1.89. The molecule has 0 aliphatic rings. The van der Waals surface area contributed by atoms with Crippen LogP contribution in [0.4, 0.5) is 5.69 Å². The Hall–Kier alpha value is -1.84. The molecular weight excluding hydrogens is 214 g/mol. The predicted octanol–water partition coefficient (Wildman–Crippen LogP) is 3.08. The first-order valence-electron chi connectivity index (χ1n) is 5.63. The molecule has 0 atom stereocenters. The summed E-state index contributed by atoms with van der Waals surface area (Å²) in [6.45, 7) is 6.18. The van der Waals surface area contributed by atoms with Gasteiger partial charge in [0.2, 0.25) is 0 Å². The topological polar surface area (TPSA) is 51.0 Å². The molecule has 1 aromatic heterocycles. The Morgan fingerprint density at radius 1 is 1.12 bits per heavy atom. The summed E-state index contributed by atoms with van der Waals surface area (Å²) in [5.41, 5.74) is 1.91. The van der Waals surface area contributed by atoms with Crippen molar-refractivity contribution >= 4 is 5.69 Å². The summed E-state index contributed by atoms with van der Waals surface area (Å²) in [4.78, 5) is 4.41. The number of hydrogen-bond acceptors (Lipinski definition) is 4. The zero-order chi connectivity index (χ0) is 12.5. The second kappa shape index (κ2) is 4.20. The first-order chi connectivity index (χ1) is 8.00. The maximum Gasteiger partial charge on any atom is 0.257 e. The molecule has 0 spiro atoms. The smallest absolute Gasteiger partial charge is 0.257 e. The highest BCUT2D eigenvalue weighted by Gasteiger charge is 2.21. The van der Waals surface area contributed by atoms with Crippen LogP contribution in [-0.4, -0.2) is 17.2 Å². The lowest BCUT2D eigenvalue weighted by molar-refractivity contribution is 0.402. The normalized spacial score (nSPS) is 11.5. The Balaban J connectivity index is 2.30. The molecule has 1 N–H and O–H groups in total. The molecule has 0 bridgehead atoms. The fraction of sp³-hybridized carbons (Fsp3) is 0.385. The maximum absolute atomic E-state index is 5.27. The van der Waals surface area contributed by atoms with Crippen LogP contribution in [0.2, 0.25) is 0 Å². The molecule has 17 heavy (non-hydrogen) atoms. The van der Waals surface area contributed by atoms with Crippen molar-refractivity contribution in [2.75, 3.05) is 12.4 Å². The van der Waals surface area contributed by atoms with Gasteiger partial charge in [0.25, 0.3) is 5.89 Å². The third-order valence-electron chi connectivity index (χ3n) is 2.52. The van der Waals surface area contributed by atoms with Crippen molar-refractivity contribution in [3.63, 3.8) is 0 Å². The number of aromatic nitrogens is 2. The van der Waals surface area contributed by atoms with Crippen LogP contribution in [0.25, 0.3) is 11.5 Å². The summed E-state index contributed by atoms with van der Waals surface area (Å²) in [5.74, 6) is 1.29. The minimum atomic E-state index is -0.0906. The van der Waals surface area contributed by atoms with Gasteiger partial charge >= 0.3 is 0 Å². The van der Waals surface area contributed by atoms with Crippen LogP contribution in [0.3, 0.4) is 0 Å². The van der Waals surface area contributed by atoms with E-state index in [2.05, 4.69) is 36.2 Å². The fourth-order valence-electron chi connectivity index (χ4n) is 1.42. The van der Waals surface area contributed by atoms with E-state index in [0.717, 1.165) is 17.1 Å². The molecule has 1 heterocycles. The lowest BCUT2D eigenvalue weighted by Gasteiger charge is -2.10. The summed E-state index contributed by atoms with van der Waals surface area (Å²) in [6.07, 6.45) is 0. The Morgan fingerprint density at radius 3 is 2.24 bits per heavy atom. The van der Waals surface area contributed by atoms with Crippen LogP contribution in [-0.2, 0) is 5.41 Å². The fourth-order valence-corrected chi connectivity index (χ4v) is 1.42. The standard InChI is InChI=1S/C13H17N3O/c1-13(2,3)12-15-11(17-16-12)9-5-7-10(14-4)8-6-9/h5-8,14H,1-4H3. The van der Waals surface area contributed by atoms with E-state index in [0.29, 0.717) is 5.89 Å². The molecule has 0 saturated carbocycles. The largest absolute Gasteiger partial charge is 0.388 e. The van der Waals surface area contributed by atoms with Gasteiger partial charge in [0.1, 0.15) is 0 Å². The number of anilines is 1. The van der Waals surface area contributed by atoms with Crippen molar-refractivity contribution in [1.82, 2.24) is 10.1 Å². The average molecular weight is 231 g/mol. The summed E-state index contributed by atoms with van der Waals surface area (Å²) < 4.78 is 5.27. The van der Waals surface area contributed by atoms with Crippen molar-refractivity contribution in [2.24, 2.45) is 0 Å². The molecule has 0 aliphatic carbocycles. The van der Waals surface area contributed by atoms with E-state index in [1.807, 2.05) is 31.3 Å². The number of benzene rings is 1. The Labute approximate surface area is 101 Å². The van der Waals surface area contributed by atoms with E-state index in [1.54, 1.807) is 0 Å². The third-order valence-corrected chi connectivity index (χ3v) is 2.52. The summed E-state index contributed by atoms with van der Waals surface area (Å²) in [5, 5.41) is 7.07. The lowest BCUT2D eigenvalue weighted by Crippen LogP contribution is -2.13. The molecule has 90 valence electrons. The van der Waals surface area contributed by atoms with Crippen LogP contribution < -0.4 is 5.32 Å². The molecule has 0 radical (unpaired) electrons. The van der Waals surface area contributed by atoms with Crippen LogP contribution >= 0.6 is 0 Å². The maximum atomic E-state index is 5.27. The van der Waals surface area contributed by atoms with Crippen LogP contribution in [0.1, 0.15) is 26.6 Å². The number of hydrogen-bond donors (Lipinski definition) is 1. The molecule has 0 fully saturated rings. The molecule has 2 rings (SSSR count). The molecule has 0 unspecified atom stereocenters. The highest BCUT2D eigenvalue weighted by atomic mass is 16.5. The Kier molecular flexibility index (Phi) is 2.88. The number of nitrogens with one attached hydrogen (secondary N) is 1. The molecule has 0 aliphatic heterocycles. The van der Waals surface area contributed by atoms with E-state index in [1.165, 1.54) is 0 Å². The first kappa shape index (κ1) is 11.6. The Bertz CT molecular complexity index is 494. The average Bonchev–Trinajstić information content (AvgIpc) is 2.78. The van der Waals surface area contributed by atoms with Crippen molar-refractivity contribution in [1.29, 1.82) is 0 Å². The molecule has 0 saturated heterocycles. The van der Waals surface area contributed by atoms with Crippen molar-refractivity contribution < 1.29 is 4.52 Å². The number of rotatable bonds is 2. The molecule has 0 amide bonds. The quantitative estimate of drug-likeness (QED) is 0.863. The van der Waals surface area contributed by atoms with Gasteiger partial charge in [-0.15, -0.1) is 0 Å². The van der Waals surface area contributed by atoms with E-state index in [9.17, 15) is 0 Å². The Morgan fingerprint density at radius 2 is 1.76 bits per heavy atom. The van der Waals surface area contributed by atoms with Crippen LogP contribution in [0.5, 0.6) is 0 Å². The minimum absolute atomic E-state index is 0.0906. The lowest BCUT2D eigenvalue weighted by atomic mass is 9.96. The van der Waals surface area contributed by atoms with Crippen LogP contribution in [0.15, 0.2) is 28.8 Å². The van der Waals surface area contributed by atoms with Gasteiger partial charge < -0.3 is 9.84 Å². The second-order valence-electron chi connectivity index (χ2n) is 5.00. The molecular formula is C13H17N3O. The van der Waals surface area contributed by atoms with E-state index in [4.69, 9.17) is 4.52 Å². The first-order valence-corrected chi connectivity index (χ1v) is 5.63. The highest BCUT2D eigenvalue weighted by Crippen LogP contribution is 2.24. The zero-order valence-electron chi connectivity index (χ0n) is 10.6. The van der Waals surface area contributed by atoms with Crippen molar-refractivity contribution in [3.8, 4) is 11.5 Å². The van der Waals surface area contributed by atoms with E-state index >= 15 is 0 Å². The van der Waals surface area contributed by atoms with Gasteiger partial charge in [0.05, 0.1) is 0 Å². The molecule has 4 nitrogen and oxygen atoms in total. The van der Waals surface area contributed by atoms with Gasteiger partial charge in [-0.05, 0) is 24.3 Å². The van der Waals surface area contributed by atoms with Gasteiger partial charge in [-0.3, -0.25) is 0 Å². The predicted molar refractivity (Wildman–Crippen MR) is 68.0 cm³/mol. The highest BCUT2D eigenvalue weighted by molar-refractivity contribution is 5.58. The third kappa shape index (κ3) is 2.46. The van der Waals surface area contributed by atoms with E-state index in [-0.39, 0.29) is 5.41 Å². The SMILES string of the molecule is CNc1ccc(-c2nc(C(C)(C)C)no2)cc1. The van der Waals surface area contributed by atoms with Crippen molar-refractivity contribution in [3.05, 3.63) is 30.1 Å². The molecule has 4 heteroatoms. The molecule has 2 aromatic rings. The van der Waals surface area contributed by atoms with Gasteiger partial charge in [0.15, 0.2) is 5.82 Å². The van der Waals surface area contributed by atoms with Gasteiger partial charge in [-0.25, -0.2) is 0 Å². The van der Waals surface area contributed by atoms with Gasteiger partial charge in [-0.1, -0.05) is 25.9 Å². The minimum Gasteiger partial charge on any atom is -0.388 e. The summed E-state index contributed by atoms with van der Waals surface area (Å²) in [6, 6.07) is 7.89. The van der Waals surface area contributed by atoms with Gasteiger partial charge in [-0.2, -0.15) is 4.98 Å². The monoisotopic (exact) mass is 231 g/mol. The van der Waals surface area contributed by atoms with E-state index < -0.39 is 0 Å². The van der Waals surface area contributed by atoms with Crippen LogP contribution in [0, 0.1) is 0 Å². The second-order valence-corrected chi connectivity index (χ2v) is 5.00.